The molecule has 0 amide bonds. The molecule has 0 saturated carbocycles. The summed E-state index contributed by atoms with van der Waals surface area (Å²) in [5.74, 6) is 0.863. The largest absolute Gasteiger partial charge is 0.456 e. The topological polar surface area (TPSA) is 42.8 Å². The zero-order valence-electron chi connectivity index (χ0n) is 32.1. The van der Waals surface area contributed by atoms with Crippen LogP contribution in [-0.4, -0.2) is 16.1 Å². The van der Waals surface area contributed by atoms with Crippen LogP contribution in [0, 0.1) is 5.92 Å². The number of hydrogen-bond acceptors (Lipinski definition) is 3. The summed E-state index contributed by atoms with van der Waals surface area (Å²) in [5.41, 5.74) is 14.3. The molecule has 8 aromatic carbocycles. The Balaban J connectivity index is 1.17. The molecule has 0 spiro atoms. The van der Waals surface area contributed by atoms with Crippen LogP contribution in [0.1, 0.15) is 36.1 Å². The fourth-order valence-corrected chi connectivity index (χ4v) is 9.20. The molecule has 0 aliphatic carbocycles. The van der Waals surface area contributed by atoms with Crippen molar-refractivity contribution < 1.29 is 4.42 Å². The molecule has 1 aliphatic rings. The van der Waals surface area contributed by atoms with Crippen molar-refractivity contribution in [2.24, 2.45) is 15.9 Å². The summed E-state index contributed by atoms with van der Waals surface area (Å²) in [5, 5.41) is 4.67. The molecule has 11 rings (SSSR count). The number of aromatic nitrogens is 1. The van der Waals surface area contributed by atoms with Gasteiger partial charge in [0.25, 0.3) is 0 Å². The number of amidine groups is 1. The lowest BCUT2D eigenvalue weighted by atomic mass is 9.82. The van der Waals surface area contributed by atoms with Crippen LogP contribution in [0.25, 0.3) is 71.7 Å². The fraction of sp³-hybridized carbons (Fsp3) is 0.0741. The van der Waals surface area contributed by atoms with Gasteiger partial charge < -0.3 is 8.98 Å². The molecule has 10 aromatic rings. The minimum atomic E-state index is -0.134. The number of furan rings is 1. The van der Waals surface area contributed by atoms with Gasteiger partial charge in [-0.15, -0.1) is 0 Å². The van der Waals surface area contributed by atoms with Crippen LogP contribution in [0.15, 0.2) is 209 Å². The molecule has 2 aromatic heterocycles. The zero-order chi connectivity index (χ0) is 38.6. The van der Waals surface area contributed by atoms with Crippen LogP contribution in [-0.2, 0) is 0 Å². The molecule has 2 unspecified atom stereocenters. The number of hydrogen-bond donors (Lipinski definition) is 0. The number of nitrogens with zero attached hydrogens (tertiary/aromatic N) is 3. The fourth-order valence-electron chi connectivity index (χ4n) is 9.20. The molecule has 3 heterocycles. The molecular formula is C54H39N3O. The number of fused-ring (bicyclic) bond motifs is 6. The van der Waals surface area contributed by atoms with Crippen LogP contribution in [0.4, 0.5) is 0 Å². The highest BCUT2D eigenvalue weighted by Gasteiger charge is 2.32. The lowest BCUT2D eigenvalue weighted by molar-refractivity contribution is 0.532. The van der Waals surface area contributed by atoms with Crippen LogP contribution in [0.2, 0.25) is 0 Å². The lowest BCUT2D eigenvalue weighted by Crippen LogP contribution is -2.28. The molecule has 1 aliphatic heterocycles. The van der Waals surface area contributed by atoms with Gasteiger partial charge in [-0.1, -0.05) is 171 Å². The molecule has 276 valence electrons. The molecule has 0 saturated heterocycles. The first-order chi connectivity index (χ1) is 28.7. The minimum absolute atomic E-state index is 0.0921. The average Bonchev–Trinajstić information content (AvgIpc) is 3.85. The van der Waals surface area contributed by atoms with Crippen LogP contribution < -0.4 is 0 Å². The van der Waals surface area contributed by atoms with E-state index in [2.05, 4.69) is 193 Å². The Kier molecular flexibility index (Phi) is 8.21. The first-order valence-corrected chi connectivity index (χ1v) is 20.1. The predicted octanol–water partition coefficient (Wildman–Crippen LogP) is 14.0. The standard InChI is InChI=1S/C54H39N3O/c1-2-39-51(36-20-8-4-9-21-36)55-54(37-22-10-5-11-23-37)56-52(39)38-32-33-47(45(34-38)35-18-6-3-7-19-35)57-46-29-14-12-24-40(46)42-27-16-28-43(53(42)57)41-26-17-31-49-50(41)44-25-13-15-30-48(44)58-49/h3-34,39,52H,2H2,1H3. The summed E-state index contributed by atoms with van der Waals surface area (Å²) in [7, 11) is 0. The van der Waals surface area contributed by atoms with E-state index in [1.54, 1.807) is 0 Å². The molecule has 4 heteroatoms. The van der Waals surface area contributed by atoms with Crippen molar-refractivity contribution in [2.45, 2.75) is 19.4 Å². The Labute approximate surface area is 337 Å². The number of aliphatic imine (C=N–C) groups is 2. The highest BCUT2D eigenvalue weighted by molar-refractivity contribution is 6.19. The number of benzene rings is 8. The van der Waals surface area contributed by atoms with E-state index in [0.29, 0.717) is 0 Å². The van der Waals surface area contributed by atoms with E-state index in [-0.39, 0.29) is 12.0 Å². The monoisotopic (exact) mass is 745 g/mol. The first-order valence-electron chi connectivity index (χ1n) is 20.1. The normalized spacial score (nSPS) is 15.6. The van der Waals surface area contributed by atoms with Crippen molar-refractivity contribution in [2.75, 3.05) is 0 Å². The van der Waals surface area contributed by atoms with E-state index < -0.39 is 0 Å². The third-order valence-corrected chi connectivity index (χ3v) is 11.8. The quantitative estimate of drug-likeness (QED) is 0.160. The zero-order valence-corrected chi connectivity index (χ0v) is 32.1. The Hall–Kier alpha value is -7.30. The van der Waals surface area contributed by atoms with Crippen molar-refractivity contribution in [3.63, 3.8) is 0 Å². The minimum Gasteiger partial charge on any atom is -0.456 e. The van der Waals surface area contributed by atoms with Gasteiger partial charge in [-0.25, -0.2) is 4.99 Å². The van der Waals surface area contributed by atoms with Crippen molar-refractivity contribution in [1.82, 2.24) is 4.57 Å². The number of para-hydroxylation sites is 3. The highest BCUT2D eigenvalue weighted by Crippen LogP contribution is 2.45. The molecule has 0 N–H and O–H groups in total. The lowest BCUT2D eigenvalue weighted by Gasteiger charge is -2.30. The van der Waals surface area contributed by atoms with E-state index in [4.69, 9.17) is 14.4 Å². The molecule has 0 fully saturated rings. The molecule has 0 bridgehead atoms. The molecule has 2 atom stereocenters. The van der Waals surface area contributed by atoms with Crippen molar-refractivity contribution in [3.8, 4) is 27.9 Å². The Morgan fingerprint density at radius 1 is 0.517 bits per heavy atom. The third-order valence-electron chi connectivity index (χ3n) is 11.8. The first kappa shape index (κ1) is 34.0. The highest BCUT2D eigenvalue weighted by atomic mass is 16.3. The van der Waals surface area contributed by atoms with Gasteiger partial charge in [-0.05, 0) is 59.0 Å². The van der Waals surface area contributed by atoms with E-state index in [1.165, 1.54) is 21.9 Å². The SMILES string of the molecule is CCC1C(c2ccccc2)=NC(c2ccccc2)=NC1c1ccc(-n2c3ccccc3c3cccc(-c4cccc5oc6ccccc6c45)c32)c(-c2ccccc2)c1. The van der Waals surface area contributed by atoms with Gasteiger partial charge in [0.2, 0.25) is 0 Å². The summed E-state index contributed by atoms with van der Waals surface area (Å²) in [6.07, 6.45) is 0.900. The van der Waals surface area contributed by atoms with Gasteiger partial charge in [0.15, 0.2) is 5.84 Å². The molecule has 0 radical (unpaired) electrons. The summed E-state index contributed by atoms with van der Waals surface area (Å²) in [6.45, 7) is 2.26. The Morgan fingerprint density at radius 2 is 1.14 bits per heavy atom. The van der Waals surface area contributed by atoms with E-state index in [0.717, 1.165) is 84.5 Å². The van der Waals surface area contributed by atoms with E-state index in [9.17, 15) is 0 Å². The second kappa shape index (κ2) is 14.0. The van der Waals surface area contributed by atoms with Crippen molar-refractivity contribution in [1.29, 1.82) is 0 Å². The van der Waals surface area contributed by atoms with Gasteiger partial charge in [0.05, 0.1) is 28.5 Å². The second-order valence-corrected chi connectivity index (χ2v) is 15.1. The van der Waals surface area contributed by atoms with Gasteiger partial charge in [0.1, 0.15) is 11.2 Å². The number of rotatable bonds is 7. The average molecular weight is 746 g/mol. The van der Waals surface area contributed by atoms with E-state index in [1.807, 2.05) is 12.1 Å². The van der Waals surface area contributed by atoms with Gasteiger partial charge >= 0.3 is 0 Å². The van der Waals surface area contributed by atoms with Crippen molar-refractivity contribution >= 4 is 55.3 Å². The van der Waals surface area contributed by atoms with Gasteiger partial charge in [-0.2, -0.15) is 0 Å². The van der Waals surface area contributed by atoms with E-state index >= 15 is 0 Å². The van der Waals surface area contributed by atoms with Crippen molar-refractivity contribution in [3.05, 3.63) is 211 Å². The summed E-state index contributed by atoms with van der Waals surface area (Å²) in [4.78, 5) is 10.8. The van der Waals surface area contributed by atoms with Crippen LogP contribution >= 0.6 is 0 Å². The Morgan fingerprint density at radius 3 is 1.91 bits per heavy atom. The molecule has 4 nitrogen and oxygen atoms in total. The smallest absolute Gasteiger partial charge is 0.155 e. The summed E-state index contributed by atoms with van der Waals surface area (Å²) < 4.78 is 8.90. The Bertz CT molecular complexity index is 3210. The molecular weight excluding hydrogens is 707 g/mol. The third kappa shape index (κ3) is 5.52. The van der Waals surface area contributed by atoms with Gasteiger partial charge in [0, 0.05) is 44.2 Å². The second-order valence-electron chi connectivity index (χ2n) is 15.1. The summed E-state index contributed by atoms with van der Waals surface area (Å²) >= 11 is 0. The van der Waals surface area contributed by atoms with Crippen LogP contribution in [0.5, 0.6) is 0 Å². The molecule has 58 heavy (non-hydrogen) atoms. The predicted molar refractivity (Wildman–Crippen MR) is 241 cm³/mol. The summed E-state index contributed by atoms with van der Waals surface area (Å²) in [6, 6.07) is 69.0. The maximum absolute atomic E-state index is 6.41. The maximum atomic E-state index is 6.41. The maximum Gasteiger partial charge on any atom is 0.155 e. The van der Waals surface area contributed by atoms with Gasteiger partial charge in [-0.3, -0.25) is 4.99 Å². The van der Waals surface area contributed by atoms with Crippen LogP contribution in [0.3, 0.4) is 0 Å².